The van der Waals surface area contributed by atoms with Crippen molar-refractivity contribution in [3.05, 3.63) is 29.3 Å². The Morgan fingerprint density at radius 2 is 1.96 bits per heavy atom. The fraction of sp³-hybridized carbons (Fsp3) is 0.600. The highest BCUT2D eigenvalue weighted by molar-refractivity contribution is 5.97. The molecule has 0 spiro atoms. The monoisotopic (exact) mass is 329 g/mol. The second-order valence-electron chi connectivity index (χ2n) is 7.22. The van der Waals surface area contributed by atoms with Crippen LogP contribution in [0.1, 0.15) is 74.2 Å². The number of amides is 1. The molecule has 0 radical (unpaired) electrons. The van der Waals surface area contributed by atoms with Gasteiger partial charge in [0.2, 0.25) is 0 Å². The fourth-order valence-corrected chi connectivity index (χ4v) is 2.95. The maximum absolute atomic E-state index is 12.6. The maximum atomic E-state index is 12.6. The second kappa shape index (κ2) is 6.96. The molecule has 0 atom stereocenters. The lowest BCUT2D eigenvalue weighted by molar-refractivity contribution is -0.113. The number of hydrogen-bond acceptors (Lipinski definition) is 3. The summed E-state index contributed by atoms with van der Waals surface area (Å²) >= 11 is 0. The lowest BCUT2D eigenvalue weighted by atomic mass is 9.94. The van der Waals surface area contributed by atoms with E-state index in [2.05, 4.69) is 5.32 Å². The SMILES string of the molecule is CCC(C=O)(CC)NC(=O)c1ccc(C2CC2)c(OCC2CC2)c1. The number of carbonyl (C=O) groups excluding carboxylic acids is 2. The molecule has 130 valence electrons. The summed E-state index contributed by atoms with van der Waals surface area (Å²) in [4.78, 5) is 24.0. The Morgan fingerprint density at radius 3 is 2.50 bits per heavy atom. The van der Waals surface area contributed by atoms with E-state index in [1.807, 2.05) is 32.0 Å². The highest BCUT2D eigenvalue weighted by Gasteiger charge is 2.31. The van der Waals surface area contributed by atoms with Crippen LogP contribution in [0.5, 0.6) is 5.75 Å². The molecule has 24 heavy (non-hydrogen) atoms. The predicted octanol–water partition coefficient (Wildman–Crippen LogP) is 3.84. The van der Waals surface area contributed by atoms with Crippen molar-refractivity contribution in [2.24, 2.45) is 5.92 Å². The van der Waals surface area contributed by atoms with Crippen molar-refractivity contribution >= 4 is 12.2 Å². The highest BCUT2D eigenvalue weighted by Crippen LogP contribution is 2.45. The Labute approximate surface area is 144 Å². The van der Waals surface area contributed by atoms with Crippen LogP contribution < -0.4 is 10.1 Å². The summed E-state index contributed by atoms with van der Waals surface area (Å²) in [5.74, 6) is 1.90. The number of ether oxygens (including phenoxy) is 1. The normalized spacial score (nSPS) is 17.4. The van der Waals surface area contributed by atoms with Crippen LogP contribution in [-0.4, -0.2) is 24.3 Å². The number of aldehydes is 1. The van der Waals surface area contributed by atoms with Gasteiger partial charge in [0.05, 0.1) is 12.1 Å². The molecule has 0 heterocycles. The molecule has 0 aromatic heterocycles. The molecule has 0 unspecified atom stereocenters. The minimum absolute atomic E-state index is 0.204. The Kier molecular flexibility index (Phi) is 4.93. The minimum Gasteiger partial charge on any atom is -0.493 e. The molecular weight excluding hydrogens is 302 g/mol. The van der Waals surface area contributed by atoms with Crippen molar-refractivity contribution in [3.63, 3.8) is 0 Å². The molecule has 1 amide bonds. The predicted molar refractivity (Wildman–Crippen MR) is 93.5 cm³/mol. The summed E-state index contributed by atoms with van der Waals surface area (Å²) in [6, 6.07) is 5.73. The van der Waals surface area contributed by atoms with Crippen molar-refractivity contribution in [3.8, 4) is 5.75 Å². The molecule has 1 aromatic carbocycles. The van der Waals surface area contributed by atoms with Gasteiger partial charge in [-0.3, -0.25) is 4.79 Å². The molecule has 0 saturated heterocycles. The summed E-state index contributed by atoms with van der Waals surface area (Å²) in [7, 11) is 0. The average Bonchev–Trinajstić information content (AvgIpc) is 3.50. The Morgan fingerprint density at radius 1 is 1.25 bits per heavy atom. The summed E-state index contributed by atoms with van der Waals surface area (Å²) in [6.07, 6.45) is 6.92. The molecule has 1 N–H and O–H groups in total. The zero-order valence-corrected chi connectivity index (χ0v) is 14.6. The van der Waals surface area contributed by atoms with E-state index in [4.69, 9.17) is 4.74 Å². The van der Waals surface area contributed by atoms with Crippen molar-refractivity contribution in [2.75, 3.05) is 6.61 Å². The second-order valence-corrected chi connectivity index (χ2v) is 7.22. The first-order valence-corrected chi connectivity index (χ1v) is 9.16. The van der Waals surface area contributed by atoms with E-state index in [-0.39, 0.29) is 5.91 Å². The third-order valence-corrected chi connectivity index (χ3v) is 5.31. The standard InChI is InChI=1S/C20H27NO3/c1-3-20(4-2,13-22)21-19(23)16-9-10-17(15-7-8-15)18(11-16)24-12-14-5-6-14/h9-11,13-15H,3-8,12H2,1-2H3,(H,21,23). The highest BCUT2D eigenvalue weighted by atomic mass is 16.5. The molecule has 2 fully saturated rings. The van der Waals surface area contributed by atoms with Crippen LogP contribution in [-0.2, 0) is 4.79 Å². The van der Waals surface area contributed by atoms with Crippen molar-refractivity contribution in [2.45, 2.75) is 63.8 Å². The lowest BCUT2D eigenvalue weighted by Crippen LogP contribution is -2.49. The lowest BCUT2D eigenvalue weighted by Gasteiger charge is -2.26. The van der Waals surface area contributed by atoms with E-state index in [0.29, 0.717) is 30.2 Å². The third-order valence-electron chi connectivity index (χ3n) is 5.31. The van der Waals surface area contributed by atoms with Crippen LogP contribution in [0.3, 0.4) is 0 Å². The van der Waals surface area contributed by atoms with Gasteiger partial charge in [0.1, 0.15) is 12.0 Å². The van der Waals surface area contributed by atoms with E-state index >= 15 is 0 Å². The third kappa shape index (κ3) is 3.80. The van der Waals surface area contributed by atoms with Crippen LogP contribution in [0.25, 0.3) is 0 Å². The van der Waals surface area contributed by atoms with E-state index in [1.165, 1.54) is 31.2 Å². The summed E-state index contributed by atoms with van der Waals surface area (Å²) in [6.45, 7) is 4.57. The molecule has 2 saturated carbocycles. The molecule has 2 aliphatic carbocycles. The smallest absolute Gasteiger partial charge is 0.252 e. The number of nitrogens with one attached hydrogen (secondary N) is 1. The Hall–Kier alpha value is -1.84. The minimum atomic E-state index is -0.777. The van der Waals surface area contributed by atoms with E-state index in [1.54, 1.807) is 0 Å². The molecule has 0 bridgehead atoms. The van der Waals surface area contributed by atoms with Crippen LogP contribution in [0.4, 0.5) is 0 Å². The van der Waals surface area contributed by atoms with Gasteiger partial charge in [0.25, 0.3) is 5.91 Å². The number of benzene rings is 1. The van der Waals surface area contributed by atoms with Crippen molar-refractivity contribution in [1.29, 1.82) is 0 Å². The van der Waals surface area contributed by atoms with Crippen molar-refractivity contribution < 1.29 is 14.3 Å². The van der Waals surface area contributed by atoms with Crippen LogP contribution in [0, 0.1) is 5.92 Å². The Balaban J connectivity index is 1.77. The largest absolute Gasteiger partial charge is 0.493 e. The summed E-state index contributed by atoms with van der Waals surface area (Å²) in [5.41, 5.74) is 1.01. The fourth-order valence-electron chi connectivity index (χ4n) is 2.95. The number of carbonyl (C=O) groups is 2. The first-order valence-electron chi connectivity index (χ1n) is 9.16. The van der Waals surface area contributed by atoms with Gasteiger partial charge in [-0.1, -0.05) is 19.9 Å². The molecule has 3 rings (SSSR count). The van der Waals surface area contributed by atoms with Gasteiger partial charge in [-0.25, -0.2) is 0 Å². The average molecular weight is 329 g/mol. The first kappa shape index (κ1) is 17.0. The van der Waals surface area contributed by atoms with Gasteiger partial charge in [0, 0.05) is 5.56 Å². The summed E-state index contributed by atoms with van der Waals surface area (Å²) in [5, 5.41) is 2.90. The van der Waals surface area contributed by atoms with Gasteiger partial charge < -0.3 is 14.8 Å². The van der Waals surface area contributed by atoms with Gasteiger partial charge in [-0.15, -0.1) is 0 Å². The molecule has 4 nitrogen and oxygen atoms in total. The number of rotatable bonds is 9. The maximum Gasteiger partial charge on any atom is 0.252 e. The van der Waals surface area contributed by atoms with E-state index < -0.39 is 5.54 Å². The quantitative estimate of drug-likeness (QED) is 0.700. The van der Waals surface area contributed by atoms with Crippen LogP contribution >= 0.6 is 0 Å². The zero-order chi connectivity index (χ0) is 17.2. The van der Waals surface area contributed by atoms with Gasteiger partial charge >= 0.3 is 0 Å². The first-order chi connectivity index (χ1) is 11.6. The van der Waals surface area contributed by atoms with Gasteiger partial charge in [-0.05, 0) is 68.1 Å². The summed E-state index contributed by atoms with van der Waals surface area (Å²) < 4.78 is 6.01. The van der Waals surface area contributed by atoms with E-state index in [0.717, 1.165) is 18.6 Å². The molecule has 0 aliphatic heterocycles. The van der Waals surface area contributed by atoms with Gasteiger partial charge in [0.15, 0.2) is 0 Å². The number of hydrogen-bond donors (Lipinski definition) is 1. The van der Waals surface area contributed by atoms with Crippen molar-refractivity contribution in [1.82, 2.24) is 5.32 Å². The van der Waals surface area contributed by atoms with Gasteiger partial charge in [-0.2, -0.15) is 0 Å². The molecule has 4 heteroatoms. The Bertz CT molecular complexity index is 613. The van der Waals surface area contributed by atoms with Crippen LogP contribution in [0.15, 0.2) is 18.2 Å². The molecular formula is C20H27NO3. The zero-order valence-electron chi connectivity index (χ0n) is 14.6. The molecule has 1 aromatic rings. The molecule has 2 aliphatic rings. The van der Waals surface area contributed by atoms with Crippen LogP contribution in [0.2, 0.25) is 0 Å². The topological polar surface area (TPSA) is 55.4 Å². The van der Waals surface area contributed by atoms with E-state index in [9.17, 15) is 9.59 Å².